The summed E-state index contributed by atoms with van der Waals surface area (Å²) in [7, 11) is 0. The van der Waals surface area contributed by atoms with Gasteiger partial charge in [-0.3, -0.25) is 4.79 Å². The fourth-order valence-corrected chi connectivity index (χ4v) is 3.61. The fraction of sp³-hybridized carbons (Fsp3) is 0.273. The molecule has 4 N–H and O–H groups in total. The average Bonchev–Trinajstić information content (AvgIpc) is 2.80. The van der Waals surface area contributed by atoms with E-state index in [1.165, 1.54) is 6.20 Å². The first kappa shape index (κ1) is 21.0. The van der Waals surface area contributed by atoms with Gasteiger partial charge >= 0.3 is 0 Å². The molecule has 1 aliphatic rings. The second-order valence-electron chi connectivity index (χ2n) is 7.52. The maximum Gasteiger partial charge on any atom is 0.252 e. The van der Waals surface area contributed by atoms with E-state index < -0.39 is 5.91 Å². The van der Waals surface area contributed by atoms with E-state index in [2.05, 4.69) is 41.5 Å². The van der Waals surface area contributed by atoms with Crippen LogP contribution in [0.25, 0.3) is 0 Å². The summed E-state index contributed by atoms with van der Waals surface area (Å²) in [6.45, 7) is 3.42. The number of rotatable bonds is 6. The van der Waals surface area contributed by atoms with Crippen LogP contribution in [0.2, 0.25) is 0 Å². The van der Waals surface area contributed by atoms with Crippen LogP contribution < -0.4 is 21.3 Å². The molecular weight excluding hydrogens is 406 g/mol. The first-order chi connectivity index (χ1) is 15.5. The van der Waals surface area contributed by atoms with Crippen LogP contribution in [0.4, 0.5) is 23.1 Å². The lowest BCUT2D eigenvalue weighted by molar-refractivity contribution is 0.100. The molecule has 1 aliphatic heterocycles. The SMILES string of the molecule is Cc1nccc(Nc2cc(NC3CCN(c4ccc(C#N)cn4)CC3)c(C(N)=O)cn2)n1. The van der Waals surface area contributed by atoms with Crippen LogP contribution in [0.15, 0.2) is 42.9 Å². The standard InChI is InChI=1S/C22H23N9O/c1-14-25-7-4-19(28-14)30-20-10-18(17(13-26-20)22(24)32)29-16-5-8-31(9-6-16)21-3-2-15(11-23)12-27-21/h2-4,7,10,12-13,16H,5-6,8-9H2,1H3,(H2,24,32)(H2,25,26,28,29,30). The van der Waals surface area contributed by atoms with E-state index in [1.807, 2.05) is 13.0 Å². The van der Waals surface area contributed by atoms with Crippen molar-refractivity contribution in [2.75, 3.05) is 28.6 Å². The minimum Gasteiger partial charge on any atom is -0.381 e. The molecule has 3 aromatic rings. The van der Waals surface area contributed by atoms with Crippen molar-refractivity contribution in [3.63, 3.8) is 0 Å². The van der Waals surface area contributed by atoms with Gasteiger partial charge in [-0.25, -0.2) is 19.9 Å². The Morgan fingerprint density at radius 1 is 1.16 bits per heavy atom. The highest BCUT2D eigenvalue weighted by Crippen LogP contribution is 2.25. The number of aromatic nitrogens is 4. The quantitative estimate of drug-likeness (QED) is 0.537. The Morgan fingerprint density at radius 3 is 2.62 bits per heavy atom. The van der Waals surface area contributed by atoms with Gasteiger partial charge in [0.1, 0.15) is 29.3 Å². The second kappa shape index (κ2) is 9.26. The molecule has 162 valence electrons. The van der Waals surface area contributed by atoms with Crippen LogP contribution >= 0.6 is 0 Å². The number of anilines is 4. The van der Waals surface area contributed by atoms with Crippen LogP contribution in [0.1, 0.15) is 34.6 Å². The van der Waals surface area contributed by atoms with Gasteiger partial charge in [0.15, 0.2) is 0 Å². The highest BCUT2D eigenvalue weighted by Gasteiger charge is 2.22. The highest BCUT2D eigenvalue weighted by molar-refractivity contribution is 5.98. The monoisotopic (exact) mass is 429 g/mol. The van der Waals surface area contributed by atoms with E-state index in [0.717, 1.165) is 31.7 Å². The number of hydrogen-bond acceptors (Lipinski definition) is 9. The highest BCUT2D eigenvalue weighted by atomic mass is 16.1. The number of nitrogens with two attached hydrogens (primary N) is 1. The lowest BCUT2D eigenvalue weighted by Crippen LogP contribution is -2.39. The molecule has 10 nitrogen and oxygen atoms in total. The Kier molecular flexibility index (Phi) is 6.07. The molecule has 4 rings (SSSR count). The maximum atomic E-state index is 11.9. The zero-order chi connectivity index (χ0) is 22.5. The van der Waals surface area contributed by atoms with Crippen molar-refractivity contribution >= 4 is 29.0 Å². The zero-order valence-electron chi connectivity index (χ0n) is 17.6. The van der Waals surface area contributed by atoms with Crippen LogP contribution in [0.3, 0.4) is 0 Å². The number of primary amides is 1. The summed E-state index contributed by atoms with van der Waals surface area (Å²) in [5.41, 5.74) is 7.08. The number of carbonyl (C=O) groups excluding carboxylic acids is 1. The van der Waals surface area contributed by atoms with Crippen LogP contribution in [-0.2, 0) is 0 Å². The number of aryl methyl sites for hydroxylation is 1. The molecule has 0 saturated carbocycles. The van der Waals surface area contributed by atoms with Crippen molar-refractivity contribution in [2.45, 2.75) is 25.8 Å². The van der Waals surface area contributed by atoms with E-state index in [0.29, 0.717) is 34.3 Å². The van der Waals surface area contributed by atoms with Crippen molar-refractivity contribution < 1.29 is 4.79 Å². The van der Waals surface area contributed by atoms with Gasteiger partial charge in [-0.05, 0) is 38.0 Å². The Morgan fingerprint density at radius 2 is 1.97 bits per heavy atom. The van der Waals surface area contributed by atoms with Gasteiger partial charge in [0, 0.05) is 43.8 Å². The summed E-state index contributed by atoms with van der Waals surface area (Å²) in [4.78, 5) is 31.2. The van der Waals surface area contributed by atoms with Crippen LogP contribution in [-0.4, -0.2) is 45.0 Å². The molecule has 0 bridgehead atoms. The molecule has 1 fully saturated rings. The average molecular weight is 429 g/mol. The predicted octanol–water partition coefficient (Wildman–Crippen LogP) is 2.37. The molecular formula is C22H23N9O. The van der Waals surface area contributed by atoms with Crippen molar-refractivity contribution in [3.05, 3.63) is 59.8 Å². The number of nitriles is 1. The summed E-state index contributed by atoms with van der Waals surface area (Å²) in [5, 5.41) is 15.5. The van der Waals surface area contributed by atoms with Crippen LogP contribution in [0.5, 0.6) is 0 Å². The van der Waals surface area contributed by atoms with Gasteiger partial charge in [0.05, 0.1) is 16.8 Å². The lowest BCUT2D eigenvalue weighted by atomic mass is 10.0. The molecule has 4 heterocycles. The van der Waals surface area contributed by atoms with Crippen molar-refractivity contribution in [1.29, 1.82) is 5.26 Å². The van der Waals surface area contributed by atoms with Gasteiger partial charge in [0.2, 0.25) is 0 Å². The van der Waals surface area contributed by atoms with Gasteiger partial charge in [-0.2, -0.15) is 5.26 Å². The van der Waals surface area contributed by atoms with E-state index in [4.69, 9.17) is 11.0 Å². The maximum absolute atomic E-state index is 11.9. The van der Waals surface area contributed by atoms with Gasteiger partial charge in [-0.15, -0.1) is 0 Å². The number of nitrogens with zero attached hydrogens (tertiary/aromatic N) is 6. The number of pyridine rings is 2. The summed E-state index contributed by atoms with van der Waals surface area (Å²) < 4.78 is 0. The van der Waals surface area contributed by atoms with Crippen molar-refractivity contribution in [3.8, 4) is 6.07 Å². The molecule has 1 saturated heterocycles. The topological polar surface area (TPSA) is 146 Å². The zero-order valence-corrected chi connectivity index (χ0v) is 17.6. The van der Waals surface area contributed by atoms with Gasteiger partial charge < -0.3 is 21.3 Å². The summed E-state index contributed by atoms with van der Waals surface area (Å²) in [5.74, 6) is 2.13. The van der Waals surface area contributed by atoms with E-state index in [1.54, 1.807) is 30.6 Å². The summed E-state index contributed by atoms with van der Waals surface area (Å²) >= 11 is 0. The third-order valence-electron chi connectivity index (χ3n) is 5.26. The van der Waals surface area contributed by atoms with Crippen molar-refractivity contribution in [2.24, 2.45) is 5.73 Å². The smallest absolute Gasteiger partial charge is 0.252 e. The summed E-state index contributed by atoms with van der Waals surface area (Å²) in [6, 6.07) is 9.41. The molecule has 0 aliphatic carbocycles. The summed E-state index contributed by atoms with van der Waals surface area (Å²) in [6.07, 6.45) is 6.44. The van der Waals surface area contributed by atoms with E-state index in [-0.39, 0.29) is 6.04 Å². The number of hydrogen-bond donors (Lipinski definition) is 3. The van der Waals surface area contributed by atoms with E-state index >= 15 is 0 Å². The number of amides is 1. The normalized spacial score (nSPS) is 13.9. The Bertz CT molecular complexity index is 1150. The molecule has 1 amide bonds. The Labute approximate surface area is 185 Å². The molecule has 0 aromatic carbocycles. The fourth-order valence-electron chi connectivity index (χ4n) is 3.61. The van der Waals surface area contributed by atoms with E-state index in [9.17, 15) is 4.79 Å². The minimum absolute atomic E-state index is 0.166. The molecule has 0 atom stereocenters. The first-order valence-electron chi connectivity index (χ1n) is 10.3. The Balaban J connectivity index is 1.44. The predicted molar refractivity (Wildman–Crippen MR) is 121 cm³/mol. The number of carbonyl (C=O) groups is 1. The third-order valence-corrected chi connectivity index (χ3v) is 5.26. The second-order valence-corrected chi connectivity index (χ2v) is 7.52. The molecule has 3 aromatic heterocycles. The third kappa shape index (κ3) is 4.89. The van der Waals surface area contributed by atoms with Crippen molar-refractivity contribution in [1.82, 2.24) is 19.9 Å². The molecule has 10 heteroatoms. The minimum atomic E-state index is -0.538. The molecule has 0 spiro atoms. The Hall–Kier alpha value is -4.26. The molecule has 32 heavy (non-hydrogen) atoms. The first-order valence-corrected chi connectivity index (χ1v) is 10.3. The molecule has 0 unspecified atom stereocenters. The lowest BCUT2D eigenvalue weighted by Gasteiger charge is -2.34. The van der Waals surface area contributed by atoms with Crippen LogP contribution in [0, 0.1) is 18.3 Å². The van der Waals surface area contributed by atoms with Gasteiger partial charge in [0.25, 0.3) is 5.91 Å². The number of nitrogens with one attached hydrogen (secondary N) is 2. The molecule has 0 radical (unpaired) electrons. The van der Waals surface area contributed by atoms with Gasteiger partial charge in [-0.1, -0.05) is 0 Å². The largest absolute Gasteiger partial charge is 0.381 e. The number of piperidine rings is 1.